The Bertz CT molecular complexity index is 390. The number of amides is 1. The normalized spacial score (nSPS) is 25.7. The summed E-state index contributed by atoms with van der Waals surface area (Å²) < 4.78 is 22.9. The van der Waals surface area contributed by atoms with Gasteiger partial charge in [-0.25, -0.2) is 8.42 Å². The van der Waals surface area contributed by atoms with E-state index in [-0.39, 0.29) is 17.4 Å². The number of carbonyl (C=O) groups is 1. The highest BCUT2D eigenvalue weighted by Crippen LogP contribution is 2.06. The first kappa shape index (κ1) is 13.8. The molecule has 2 aliphatic rings. The zero-order valence-corrected chi connectivity index (χ0v) is 11.4. The maximum Gasteiger partial charge on any atom is 0.236 e. The van der Waals surface area contributed by atoms with Crippen molar-refractivity contribution in [1.29, 1.82) is 0 Å². The van der Waals surface area contributed by atoms with Crippen LogP contribution in [0.3, 0.4) is 0 Å². The molecule has 2 rings (SSSR count). The third-order valence-electron chi connectivity index (χ3n) is 3.48. The van der Waals surface area contributed by atoms with Crippen LogP contribution in [0.1, 0.15) is 6.42 Å². The highest BCUT2D eigenvalue weighted by atomic mass is 32.2. The van der Waals surface area contributed by atoms with Gasteiger partial charge >= 0.3 is 0 Å². The van der Waals surface area contributed by atoms with Gasteiger partial charge in [-0.1, -0.05) is 0 Å². The minimum atomic E-state index is -2.94. The summed E-state index contributed by atoms with van der Waals surface area (Å²) in [5.74, 6) is 0.388. The highest BCUT2D eigenvalue weighted by Gasteiger charge is 2.24. The minimum Gasteiger partial charge on any atom is -0.341 e. The van der Waals surface area contributed by atoms with E-state index < -0.39 is 9.84 Å². The molecule has 0 bridgehead atoms. The van der Waals surface area contributed by atoms with Crippen molar-refractivity contribution in [3.8, 4) is 0 Å². The first-order valence-corrected chi connectivity index (χ1v) is 8.30. The first-order valence-electron chi connectivity index (χ1n) is 6.48. The Morgan fingerprint density at radius 3 is 2.50 bits per heavy atom. The van der Waals surface area contributed by atoms with Gasteiger partial charge in [0.15, 0.2) is 9.84 Å². The summed E-state index contributed by atoms with van der Waals surface area (Å²) >= 11 is 0. The third kappa shape index (κ3) is 3.93. The molecular weight excluding hydrogens is 254 g/mol. The predicted molar refractivity (Wildman–Crippen MR) is 69.2 cm³/mol. The molecule has 0 unspecified atom stereocenters. The second-order valence-electron chi connectivity index (χ2n) is 4.91. The fraction of sp³-hybridized carbons (Fsp3) is 0.909. The van der Waals surface area contributed by atoms with Gasteiger partial charge in [0.05, 0.1) is 18.1 Å². The Morgan fingerprint density at radius 1 is 1.06 bits per heavy atom. The number of carbonyl (C=O) groups excluding carboxylic acids is 1. The van der Waals surface area contributed by atoms with Crippen molar-refractivity contribution in [2.24, 2.45) is 0 Å². The monoisotopic (exact) mass is 275 g/mol. The van der Waals surface area contributed by atoms with Crippen LogP contribution in [0, 0.1) is 0 Å². The molecular formula is C11H21N3O3S. The van der Waals surface area contributed by atoms with Gasteiger partial charge in [-0.3, -0.25) is 9.69 Å². The number of hydrogen-bond acceptors (Lipinski definition) is 5. The molecule has 6 nitrogen and oxygen atoms in total. The number of hydrogen-bond donors (Lipinski definition) is 1. The van der Waals surface area contributed by atoms with Crippen molar-refractivity contribution in [2.45, 2.75) is 6.42 Å². The molecule has 0 aromatic heterocycles. The van der Waals surface area contributed by atoms with Gasteiger partial charge in [0.25, 0.3) is 0 Å². The van der Waals surface area contributed by atoms with Gasteiger partial charge in [0.2, 0.25) is 5.91 Å². The second-order valence-corrected chi connectivity index (χ2v) is 7.22. The van der Waals surface area contributed by atoms with Crippen LogP contribution in [0.4, 0.5) is 0 Å². The average Bonchev–Trinajstić information content (AvgIpc) is 2.51. The standard InChI is InChI=1S/C11H21N3O3S/c15-11(10-13-5-2-12-3-6-13)14-4-1-8-18(16,17)9-7-14/h12H,1-10H2. The Labute approximate surface area is 108 Å². The average molecular weight is 275 g/mol. The lowest BCUT2D eigenvalue weighted by molar-refractivity contribution is -0.132. The number of piperazine rings is 1. The van der Waals surface area contributed by atoms with Gasteiger partial charge in [-0.15, -0.1) is 0 Å². The van der Waals surface area contributed by atoms with E-state index in [9.17, 15) is 13.2 Å². The number of sulfone groups is 1. The van der Waals surface area contributed by atoms with E-state index in [1.807, 2.05) is 0 Å². The Balaban J connectivity index is 1.84. The molecule has 0 aliphatic carbocycles. The Kier molecular flexibility index (Phi) is 4.58. The van der Waals surface area contributed by atoms with E-state index in [0.29, 0.717) is 26.1 Å². The van der Waals surface area contributed by atoms with Gasteiger partial charge < -0.3 is 10.2 Å². The molecule has 18 heavy (non-hydrogen) atoms. The molecule has 0 aromatic rings. The fourth-order valence-corrected chi connectivity index (χ4v) is 3.62. The van der Waals surface area contributed by atoms with Crippen molar-refractivity contribution < 1.29 is 13.2 Å². The quantitative estimate of drug-likeness (QED) is 0.667. The van der Waals surface area contributed by atoms with E-state index in [1.54, 1.807) is 4.90 Å². The largest absolute Gasteiger partial charge is 0.341 e. The maximum atomic E-state index is 12.1. The SMILES string of the molecule is O=C(CN1CCNCC1)N1CCCS(=O)(=O)CC1. The van der Waals surface area contributed by atoms with Crippen LogP contribution >= 0.6 is 0 Å². The minimum absolute atomic E-state index is 0.0639. The van der Waals surface area contributed by atoms with Gasteiger partial charge in [0, 0.05) is 39.3 Å². The number of rotatable bonds is 2. The summed E-state index contributed by atoms with van der Waals surface area (Å²) in [7, 11) is -2.94. The van der Waals surface area contributed by atoms with Crippen molar-refractivity contribution >= 4 is 15.7 Å². The molecule has 0 radical (unpaired) electrons. The Morgan fingerprint density at radius 2 is 1.78 bits per heavy atom. The van der Waals surface area contributed by atoms with E-state index in [2.05, 4.69) is 10.2 Å². The zero-order valence-electron chi connectivity index (χ0n) is 10.6. The van der Waals surface area contributed by atoms with Gasteiger partial charge in [-0.2, -0.15) is 0 Å². The predicted octanol–water partition coefficient (Wildman–Crippen LogP) is -1.46. The summed E-state index contributed by atoms with van der Waals surface area (Å²) in [5, 5.41) is 3.24. The zero-order chi connectivity index (χ0) is 13.0. The van der Waals surface area contributed by atoms with E-state index in [1.165, 1.54) is 0 Å². The molecule has 104 valence electrons. The summed E-state index contributed by atoms with van der Waals surface area (Å²) in [5.41, 5.74) is 0. The van der Waals surface area contributed by atoms with Crippen LogP contribution in [0.5, 0.6) is 0 Å². The van der Waals surface area contributed by atoms with Crippen molar-refractivity contribution in [1.82, 2.24) is 15.1 Å². The molecule has 2 aliphatic heterocycles. The summed E-state index contributed by atoms with van der Waals surface area (Å²) in [6.45, 7) is 4.96. The Hall–Kier alpha value is -0.660. The molecule has 2 saturated heterocycles. The summed E-state index contributed by atoms with van der Waals surface area (Å²) in [4.78, 5) is 15.9. The highest BCUT2D eigenvalue weighted by molar-refractivity contribution is 7.91. The van der Waals surface area contributed by atoms with Crippen molar-refractivity contribution in [3.05, 3.63) is 0 Å². The lowest BCUT2D eigenvalue weighted by Gasteiger charge is -2.29. The van der Waals surface area contributed by atoms with Crippen LogP contribution in [-0.2, 0) is 14.6 Å². The molecule has 0 saturated carbocycles. The number of nitrogens with zero attached hydrogens (tertiary/aromatic N) is 2. The fourth-order valence-electron chi connectivity index (χ4n) is 2.35. The molecule has 0 aromatic carbocycles. The van der Waals surface area contributed by atoms with Crippen molar-refractivity contribution in [2.75, 3.05) is 57.3 Å². The van der Waals surface area contributed by atoms with Crippen molar-refractivity contribution in [3.63, 3.8) is 0 Å². The topological polar surface area (TPSA) is 69.7 Å². The maximum absolute atomic E-state index is 12.1. The van der Waals surface area contributed by atoms with E-state index in [0.717, 1.165) is 26.2 Å². The molecule has 2 fully saturated rings. The third-order valence-corrected chi connectivity index (χ3v) is 5.19. The molecule has 0 spiro atoms. The van der Waals surface area contributed by atoms with Crippen LogP contribution in [0.2, 0.25) is 0 Å². The lowest BCUT2D eigenvalue weighted by atomic mass is 10.3. The molecule has 1 amide bonds. The second kappa shape index (κ2) is 5.99. The molecule has 0 atom stereocenters. The summed E-state index contributed by atoms with van der Waals surface area (Å²) in [6.07, 6.45) is 0.565. The molecule has 7 heteroatoms. The van der Waals surface area contributed by atoms with E-state index >= 15 is 0 Å². The van der Waals surface area contributed by atoms with Crippen LogP contribution in [0.15, 0.2) is 0 Å². The van der Waals surface area contributed by atoms with Gasteiger partial charge in [-0.05, 0) is 6.42 Å². The molecule has 1 N–H and O–H groups in total. The first-order chi connectivity index (χ1) is 8.57. The lowest BCUT2D eigenvalue weighted by Crippen LogP contribution is -2.48. The molecule has 2 heterocycles. The van der Waals surface area contributed by atoms with Crippen LogP contribution in [0.25, 0.3) is 0 Å². The van der Waals surface area contributed by atoms with Gasteiger partial charge in [0.1, 0.15) is 0 Å². The summed E-state index contributed by atoms with van der Waals surface area (Å²) in [6, 6.07) is 0. The van der Waals surface area contributed by atoms with E-state index in [4.69, 9.17) is 0 Å². The smallest absolute Gasteiger partial charge is 0.236 e. The van der Waals surface area contributed by atoms with Crippen LogP contribution < -0.4 is 5.32 Å². The number of nitrogens with one attached hydrogen (secondary N) is 1. The van der Waals surface area contributed by atoms with Crippen LogP contribution in [-0.4, -0.2) is 81.4 Å².